The summed E-state index contributed by atoms with van der Waals surface area (Å²) in [6.45, 7) is 8.74. The molecule has 2 amide bonds. The Balaban J connectivity index is 1.65. The van der Waals surface area contributed by atoms with Crippen molar-refractivity contribution in [1.82, 2.24) is 15.1 Å². The fraction of sp³-hybridized carbons (Fsp3) is 0.619. The second-order valence-electron chi connectivity index (χ2n) is 7.90. The molecule has 0 aliphatic carbocycles. The van der Waals surface area contributed by atoms with Gasteiger partial charge in [-0.25, -0.2) is 4.39 Å². The number of carbonyl (C=O) groups is 2. The van der Waals surface area contributed by atoms with Crippen LogP contribution in [0.5, 0.6) is 0 Å². The van der Waals surface area contributed by atoms with E-state index in [2.05, 4.69) is 24.1 Å². The first-order chi connectivity index (χ1) is 14.0. The second-order valence-corrected chi connectivity index (χ2v) is 9.11. The Kier molecular flexibility index (Phi) is 7.91. The number of halogens is 1. The summed E-state index contributed by atoms with van der Waals surface area (Å²) in [4.78, 5) is 30.0. The van der Waals surface area contributed by atoms with Crippen molar-refractivity contribution in [1.29, 1.82) is 0 Å². The number of amides is 2. The topological polar surface area (TPSA) is 61.9 Å². The second kappa shape index (κ2) is 10.4. The zero-order chi connectivity index (χ0) is 20.8. The normalized spacial score (nSPS) is 22.8. The summed E-state index contributed by atoms with van der Waals surface area (Å²) in [6.07, 6.45) is 0.815. The molecule has 29 heavy (non-hydrogen) atoms. The van der Waals surface area contributed by atoms with Gasteiger partial charge in [0.15, 0.2) is 0 Å². The average molecular weight is 424 g/mol. The molecule has 8 heteroatoms. The van der Waals surface area contributed by atoms with Crippen LogP contribution in [0.4, 0.5) is 4.39 Å². The van der Waals surface area contributed by atoms with Crippen LogP contribution in [0.3, 0.4) is 0 Å². The van der Waals surface area contributed by atoms with E-state index in [9.17, 15) is 14.0 Å². The minimum absolute atomic E-state index is 0.0532. The minimum atomic E-state index is -0.508. The SMILES string of the molecule is CC(C)CC1SCC(C(=O)NCCN2CCOCC2)N1C(=O)c1ccc(F)cc1. The van der Waals surface area contributed by atoms with Crippen LogP contribution in [-0.4, -0.2) is 78.2 Å². The van der Waals surface area contributed by atoms with E-state index in [1.165, 1.54) is 24.3 Å². The number of benzene rings is 1. The molecule has 0 spiro atoms. The predicted molar refractivity (Wildman–Crippen MR) is 112 cm³/mol. The van der Waals surface area contributed by atoms with Gasteiger partial charge >= 0.3 is 0 Å². The summed E-state index contributed by atoms with van der Waals surface area (Å²) in [5, 5.41) is 2.95. The minimum Gasteiger partial charge on any atom is -0.379 e. The molecule has 2 heterocycles. The number of thioether (sulfide) groups is 1. The summed E-state index contributed by atoms with van der Waals surface area (Å²) in [5.74, 6) is 0.266. The first kappa shape index (κ1) is 22.1. The molecule has 1 N–H and O–H groups in total. The van der Waals surface area contributed by atoms with Crippen molar-refractivity contribution >= 4 is 23.6 Å². The Bertz CT molecular complexity index is 695. The first-order valence-electron chi connectivity index (χ1n) is 10.2. The number of hydrogen-bond donors (Lipinski definition) is 1. The Labute approximate surface area is 176 Å². The maximum absolute atomic E-state index is 13.3. The highest BCUT2D eigenvalue weighted by Crippen LogP contribution is 2.34. The fourth-order valence-electron chi connectivity index (χ4n) is 3.64. The molecular formula is C21H30FN3O3S. The third kappa shape index (κ3) is 5.93. The quantitative estimate of drug-likeness (QED) is 0.729. The van der Waals surface area contributed by atoms with Gasteiger partial charge in [0.05, 0.1) is 18.6 Å². The highest BCUT2D eigenvalue weighted by atomic mass is 32.2. The summed E-state index contributed by atoms with van der Waals surface area (Å²) >= 11 is 1.65. The van der Waals surface area contributed by atoms with E-state index in [1.807, 2.05) is 0 Å². The molecule has 2 saturated heterocycles. The van der Waals surface area contributed by atoms with Crippen molar-refractivity contribution in [2.45, 2.75) is 31.7 Å². The van der Waals surface area contributed by atoms with E-state index in [0.717, 1.165) is 39.3 Å². The van der Waals surface area contributed by atoms with Crippen molar-refractivity contribution < 1.29 is 18.7 Å². The third-order valence-corrected chi connectivity index (χ3v) is 6.54. The van der Waals surface area contributed by atoms with Crippen LogP contribution in [-0.2, 0) is 9.53 Å². The number of morpholine rings is 1. The molecule has 2 aliphatic rings. The number of hydrogen-bond acceptors (Lipinski definition) is 5. The largest absolute Gasteiger partial charge is 0.379 e. The predicted octanol–water partition coefficient (Wildman–Crippen LogP) is 2.20. The van der Waals surface area contributed by atoms with E-state index in [4.69, 9.17) is 4.74 Å². The molecule has 2 fully saturated rings. The molecule has 2 aliphatic heterocycles. The van der Waals surface area contributed by atoms with E-state index in [1.54, 1.807) is 16.7 Å². The molecule has 2 unspecified atom stereocenters. The molecule has 2 atom stereocenters. The summed E-state index contributed by atoms with van der Waals surface area (Å²) < 4.78 is 18.6. The highest BCUT2D eigenvalue weighted by Gasteiger charge is 2.41. The van der Waals surface area contributed by atoms with Gasteiger partial charge in [0.25, 0.3) is 5.91 Å². The smallest absolute Gasteiger partial charge is 0.255 e. The summed E-state index contributed by atoms with van der Waals surface area (Å²) in [7, 11) is 0. The number of nitrogens with one attached hydrogen (secondary N) is 1. The molecule has 1 aromatic carbocycles. The molecule has 160 valence electrons. The monoisotopic (exact) mass is 423 g/mol. The van der Waals surface area contributed by atoms with Crippen molar-refractivity contribution in [3.05, 3.63) is 35.6 Å². The standard InChI is InChI=1S/C21H30FN3O3S/c1-15(2)13-19-25(21(27)16-3-5-17(22)6-4-16)18(14-29-19)20(26)23-7-8-24-9-11-28-12-10-24/h3-6,15,18-19H,7-14H2,1-2H3,(H,23,26). The van der Waals surface area contributed by atoms with Crippen LogP contribution in [0, 0.1) is 11.7 Å². The molecular weight excluding hydrogens is 393 g/mol. The average Bonchev–Trinajstić information content (AvgIpc) is 3.11. The lowest BCUT2D eigenvalue weighted by Gasteiger charge is -2.30. The van der Waals surface area contributed by atoms with Crippen molar-refractivity contribution in [2.75, 3.05) is 45.1 Å². The molecule has 0 radical (unpaired) electrons. The molecule has 1 aromatic rings. The molecule has 0 bridgehead atoms. The van der Waals surface area contributed by atoms with Gasteiger partial charge in [-0.05, 0) is 36.6 Å². The van der Waals surface area contributed by atoms with E-state index >= 15 is 0 Å². The fourth-order valence-corrected chi connectivity index (χ4v) is 5.28. The third-order valence-electron chi connectivity index (χ3n) is 5.22. The van der Waals surface area contributed by atoms with E-state index in [-0.39, 0.29) is 23.0 Å². The van der Waals surface area contributed by atoms with Gasteiger partial charge in [0.2, 0.25) is 5.91 Å². The first-order valence-corrected chi connectivity index (χ1v) is 11.3. The number of rotatable bonds is 7. The van der Waals surface area contributed by atoms with Crippen molar-refractivity contribution in [2.24, 2.45) is 5.92 Å². The van der Waals surface area contributed by atoms with Crippen LogP contribution in [0.2, 0.25) is 0 Å². The zero-order valence-electron chi connectivity index (χ0n) is 17.1. The van der Waals surface area contributed by atoms with Gasteiger partial charge in [-0.3, -0.25) is 14.5 Å². The summed E-state index contributed by atoms with van der Waals surface area (Å²) in [5.41, 5.74) is 0.411. The van der Waals surface area contributed by atoms with Crippen molar-refractivity contribution in [3.63, 3.8) is 0 Å². The lowest BCUT2D eigenvalue weighted by molar-refractivity contribution is -0.125. The van der Waals surface area contributed by atoms with Gasteiger partial charge in [0.1, 0.15) is 11.9 Å². The van der Waals surface area contributed by atoms with Gasteiger partial charge < -0.3 is 15.0 Å². The maximum Gasteiger partial charge on any atom is 0.255 e. The van der Waals surface area contributed by atoms with Crippen molar-refractivity contribution in [3.8, 4) is 0 Å². The van der Waals surface area contributed by atoms with Crippen LogP contribution in [0.1, 0.15) is 30.6 Å². The van der Waals surface area contributed by atoms with Crippen LogP contribution >= 0.6 is 11.8 Å². The maximum atomic E-state index is 13.3. The van der Waals surface area contributed by atoms with Crippen LogP contribution in [0.15, 0.2) is 24.3 Å². The van der Waals surface area contributed by atoms with Gasteiger partial charge in [-0.15, -0.1) is 11.8 Å². The lowest BCUT2D eigenvalue weighted by Crippen LogP contribution is -2.51. The Hall–Kier alpha value is -1.64. The zero-order valence-corrected chi connectivity index (χ0v) is 17.9. The Morgan fingerprint density at radius 2 is 1.93 bits per heavy atom. The number of carbonyl (C=O) groups excluding carboxylic acids is 2. The summed E-state index contributed by atoms with van der Waals surface area (Å²) in [6, 6.07) is 5.03. The lowest BCUT2D eigenvalue weighted by atomic mass is 10.1. The van der Waals surface area contributed by atoms with Crippen LogP contribution < -0.4 is 5.32 Å². The molecule has 6 nitrogen and oxygen atoms in total. The van der Waals surface area contributed by atoms with E-state index in [0.29, 0.717) is 23.8 Å². The molecule has 3 rings (SSSR count). The van der Waals surface area contributed by atoms with Gasteiger partial charge in [-0.1, -0.05) is 13.8 Å². The molecule has 0 aromatic heterocycles. The van der Waals surface area contributed by atoms with Crippen LogP contribution in [0.25, 0.3) is 0 Å². The molecule has 0 saturated carbocycles. The van der Waals surface area contributed by atoms with E-state index < -0.39 is 6.04 Å². The number of ether oxygens (including phenoxy) is 1. The highest BCUT2D eigenvalue weighted by molar-refractivity contribution is 8.00. The van der Waals surface area contributed by atoms with Gasteiger partial charge in [0, 0.05) is 37.5 Å². The Morgan fingerprint density at radius 1 is 1.24 bits per heavy atom. The Morgan fingerprint density at radius 3 is 2.59 bits per heavy atom. The number of nitrogens with zero attached hydrogens (tertiary/aromatic N) is 2. The van der Waals surface area contributed by atoms with Gasteiger partial charge in [-0.2, -0.15) is 0 Å².